The molecule has 0 spiro atoms. The van der Waals surface area contributed by atoms with E-state index in [9.17, 15) is 9.59 Å². The molecule has 0 saturated heterocycles. The van der Waals surface area contributed by atoms with Crippen molar-refractivity contribution < 1.29 is 19.4 Å². The fourth-order valence-electron chi connectivity index (χ4n) is 1.42. The first-order valence-corrected chi connectivity index (χ1v) is 5.90. The summed E-state index contributed by atoms with van der Waals surface area (Å²) in [4.78, 5) is 22.7. The molecule has 0 aliphatic heterocycles. The van der Waals surface area contributed by atoms with Gasteiger partial charge in [0.05, 0.1) is 5.92 Å². The molecule has 0 aliphatic rings. The first-order chi connectivity index (χ1) is 7.69. The van der Waals surface area contributed by atoms with Crippen LogP contribution in [0.2, 0.25) is 0 Å². The quantitative estimate of drug-likeness (QED) is 0.693. The van der Waals surface area contributed by atoms with Crippen LogP contribution in [0.15, 0.2) is 0 Å². The zero-order chi connectivity index (χ0) is 13.6. The molecule has 17 heavy (non-hydrogen) atoms. The van der Waals surface area contributed by atoms with Gasteiger partial charge in [0.2, 0.25) is 0 Å². The van der Waals surface area contributed by atoms with E-state index < -0.39 is 29.5 Å². The van der Waals surface area contributed by atoms with Gasteiger partial charge in [-0.3, -0.25) is 9.59 Å². The molecule has 5 nitrogen and oxygen atoms in total. The van der Waals surface area contributed by atoms with E-state index >= 15 is 0 Å². The third-order valence-corrected chi connectivity index (χ3v) is 2.30. The standard InChI is InChI=1S/C12H23NO4/c1-5-6-7-8(9(13)10(14)15)11(16)17-12(2,3)4/h8-9H,5-7,13H2,1-4H3,(H,14,15). The molecule has 0 aliphatic carbocycles. The summed E-state index contributed by atoms with van der Waals surface area (Å²) < 4.78 is 5.19. The SMILES string of the molecule is CCCCC(C(=O)OC(C)(C)C)C(N)C(=O)O. The van der Waals surface area contributed by atoms with E-state index in [2.05, 4.69) is 0 Å². The third-order valence-electron chi connectivity index (χ3n) is 2.30. The molecule has 0 saturated carbocycles. The van der Waals surface area contributed by atoms with Crippen molar-refractivity contribution in [3.63, 3.8) is 0 Å². The molecule has 5 heteroatoms. The predicted octanol–water partition coefficient (Wildman–Crippen LogP) is 1.55. The van der Waals surface area contributed by atoms with Crippen molar-refractivity contribution in [3.8, 4) is 0 Å². The number of carboxylic acids is 1. The van der Waals surface area contributed by atoms with Crippen LogP contribution in [0, 0.1) is 5.92 Å². The maximum absolute atomic E-state index is 11.8. The smallest absolute Gasteiger partial charge is 0.321 e. The van der Waals surface area contributed by atoms with Crippen LogP contribution in [-0.4, -0.2) is 28.7 Å². The number of hydrogen-bond donors (Lipinski definition) is 2. The molecule has 0 bridgehead atoms. The second kappa shape index (κ2) is 6.59. The number of carboxylic acid groups (broad SMARTS) is 1. The molecule has 0 aromatic rings. The van der Waals surface area contributed by atoms with E-state index in [0.717, 1.165) is 12.8 Å². The Morgan fingerprint density at radius 2 is 1.88 bits per heavy atom. The second-order valence-electron chi connectivity index (χ2n) is 5.15. The monoisotopic (exact) mass is 245 g/mol. The molecule has 100 valence electrons. The normalized spacial score (nSPS) is 15.1. The summed E-state index contributed by atoms with van der Waals surface area (Å²) in [6.45, 7) is 7.20. The molecule has 0 aromatic carbocycles. The first kappa shape index (κ1) is 15.9. The molecular formula is C12H23NO4. The van der Waals surface area contributed by atoms with E-state index in [0.29, 0.717) is 6.42 Å². The van der Waals surface area contributed by atoms with Gasteiger partial charge < -0.3 is 15.6 Å². The minimum absolute atomic E-state index is 0.443. The number of carbonyl (C=O) groups excluding carboxylic acids is 1. The zero-order valence-corrected chi connectivity index (χ0v) is 11.0. The molecule has 2 unspecified atom stereocenters. The third kappa shape index (κ3) is 6.26. The molecule has 0 heterocycles. The summed E-state index contributed by atoms with van der Waals surface area (Å²) >= 11 is 0. The average molecular weight is 245 g/mol. The highest BCUT2D eigenvalue weighted by atomic mass is 16.6. The van der Waals surface area contributed by atoms with Gasteiger partial charge >= 0.3 is 11.9 Å². The van der Waals surface area contributed by atoms with Crippen molar-refractivity contribution in [1.29, 1.82) is 0 Å². The van der Waals surface area contributed by atoms with Gasteiger partial charge in [0, 0.05) is 0 Å². The topological polar surface area (TPSA) is 89.6 Å². The van der Waals surface area contributed by atoms with Crippen molar-refractivity contribution in [3.05, 3.63) is 0 Å². The molecule has 0 amide bonds. The number of rotatable bonds is 6. The Morgan fingerprint density at radius 3 is 2.24 bits per heavy atom. The minimum atomic E-state index is -1.20. The van der Waals surface area contributed by atoms with Crippen LogP contribution in [0.5, 0.6) is 0 Å². The Bertz CT molecular complexity index is 270. The molecule has 2 atom stereocenters. The number of aliphatic carboxylic acids is 1. The Kier molecular flexibility index (Phi) is 6.16. The van der Waals surface area contributed by atoms with E-state index in [-0.39, 0.29) is 0 Å². The van der Waals surface area contributed by atoms with Crippen LogP contribution in [0.1, 0.15) is 47.0 Å². The minimum Gasteiger partial charge on any atom is -0.480 e. The van der Waals surface area contributed by atoms with E-state index in [1.54, 1.807) is 20.8 Å². The molecule has 0 fully saturated rings. The van der Waals surface area contributed by atoms with E-state index in [1.807, 2.05) is 6.92 Å². The predicted molar refractivity (Wildman–Crippen MR) is 64.5 cm³/mol. The lowest BCUT2D eigenvalue weighted by molar-refractivity contribution is -0.164. The van der Waals surface area contributed by atoms with Crippen LogP contribution >= 0.6 is 0 Å². The maximum Gasteiger partial charge on any atom is 0.321 e. The van der Waals surface area contributed by atoms with Crippen LogP contribution < -0.4 is 5.73 Å². The summed E-state index contributed by atoms with van der Waals surface area (Å²) in [5.41, 5.74) is 4.90. The Hall–Kier alpha value is -1.10. The van der Waals surface area contributed by atoms with Gasteiger partial charge in [-0.1, -0.05) is 19.8 Å². The number of ether oxygens (including phenoxy) is 1. The van der Waals surface area contributed by atoms with Crippen molar-refractivity contribution in [2.75, 3.05) is 0 Å². The highest BCUT2D eigenvalue weighted by Crippen LogP contribution is 2.18. The van der Waals surface area contributed by atoms with Gasteiger partial charge in [0.25, 0.3) is 0 Å². The van der Waals surface area contributed by atoms with Gasteiger partial charge in [-0.15, -0.1) is 0 Å². The second-order valence-corrected chi connectivity index (χ2v) is 5.15. The van der Waals surface area contributed by atoms with E-state index in [1.165, 1.54) is 0 Å². The molecule has 0 rings (SSSR count). The van der Waals surface area contributed by atoms with Gasteiger partial charge in [-0.25, -0.2) is 0 Å². The van der Waals surface area contributed by atoms with Crippen molar-refractivity contribution >= 4 is 11.9 Å². The highest BCUT2D eigenvalue weighted by Gasteiger charge is 2.33. The summed E-state index contributed by atoms with van der Waals surface area (Å²) in [5.74, 6) is -2.47. The summed E-state index contributed by atoms with van der Waals surface area (Å²) in [6.07, 6.45) is 2.08. The van der Waals surface area contributed by atoms with Crippen molar-refractivity contribution in [2.45, 2.75) is 58.6 Å². The zero-order valence-electron chi connectivity index (χ0n) is 11.0. The molecule has 3 N–H and O–H groups in total. The Labute approximate surface area is 102 Å². The Morgan fingerprint density at radius 1 is 1.35 bits per heavy atom. The Balaban J connectivity index is 4.67. The lowest BCUT2D eigenvalue weighted by Crippen LogP contribution is -2.44. The lowest BCUT2D eigenvalue weighted by atomic mass is 9.94. The largest absolute Gasteiger partial charge is 0.480 e. The summed E-state index contributed by atoms with van der Waals surface area (Å²) in [7, 11) is 0. The van der Waals surface area contributed by atoms with Gasteiger partial charge in [-0.2, -0.15) is 0 Å². The van der Waals surface area contributed by atoms with Gasteiger partial charge in [0.1, 0.15) is 11.6 Å². The molecular weight excluding hydrogens is 222 g/mol. The average Bonchev–Trinajstić information content (AvgIpc) is 2.15. The van der Waals surface area contributed by atoms with Crippen LogP contribution in [0.25, 0.3) is 0 Å². The molecule has 0 radical (unpaired) electrons. The fraction of sp³-hybridized carbons (Fsp3) is 0.833. The number of unbranched alkanes of at least 4 members (excludes halogenated alkanes) is 1. The molecule has 0 aromatic heterocycles. The van der Waals surface area contributed by atoms with Crippen molar-refractivity contribution in [2.24, 2.45) is 11.7 Å². The fourth-order valence-corrected chi connectivity index (χ4v) is 1.42. The maximum atomic E-state index is 11.8. The van der Waals surface area contributed by atoms with Gasteiger partial charge in [-0.05, 0) is 27.2 Å². The number of hydrogen-bond acceptors (Lipinski definition) is 4. The van der Waals surface area contributed by atoms with Crippen molar-refractivity contribution in [1.82, 2.24) is 0 Å². The summed E-state index contributed by atoms with van der Waals surface area (Å²) in [5, 5.41) is 8.87. The van der Waals surface area contributed by atoms with Gasteiger partial charge in [0.15, 0.2) is 0 Å². The number of esters is 1. The summed E-state index contributed by atoms with van der Waals surface area (Å²) in [6, 6.07) is -1.20. The lowest BCUT2D eigenvalue weighted by Gasteiger charge is -2.25. The van der Waals surface area contributed by atoms with E-state index in [4.69, 9.17) is 15.6 Å². The van der Waals surface area contributed by atoms with Crippen LogP contribution in [0.3, 0.4) is 0 Å². The van der Waals surface area contributed by atoms with Crippen LogP contribution in [0.4, 0.5) is 0 Å². The first-order valence-electron chi connectivity index (χ1n) is 5.90. The van der Waals surface area contributed by atoms with Crippen LogP contribution in [-0.2, 0) is 14.3 Å². The number of nitrogens with two attached hydrogens (primary N) is 1. The number of carbonyl (C=O) groups is 2. The highest BCUT2D eigenvalue weighted by molar-refractivity contribution is 5.83.